The maximum atomic E-state index is 9.20. The summed E-state index contributed by atoms with van der Waals surface area (Å²) in [5, 5.41) is 17.8. The van der Waals surface area contributed by atoms with Crippen LogP contribution in [0.3, 0.4) is 0 Å². The van der Waals surface area contributed by atoms with E-state index in [1.165, 1.54) is 0 Å². The number of rotatable bonds is 6. The molecule has 0 saturated carbocycles. The molecular formula is C16H24N6. The quantitative estimate of drug-likeness (QED) is 0.793. The van der Waals surface area contributed by atoms with Crippen molar-refractivity contribution in [3.8, 4) is 12.1 Å². The minimum absolute atomic E-state index is 0.0343. The maximum absolute atomic E-state index is 9.20. The van der Waals surface area contributed by atoms with Crippen molar-refractivity contribution in [1.29, 1.82) is 10.5 Å². The van der Waals surface area contributed by atoms with Crippen molar-refractivity contribution in [2.24, 2.45) is 13.0 Å². The highest BCUT2D eigenvalue weighted by molar-refractivity contribution is 4.94. The van der Waals surface area contributed by atoms with Gasteiger partial charge in [-0.05, 0) is 13.3 Å². The van der Waals surface area contributed by atoms with E-state index in [9.17, 15) is 5.26 Å². The molecule has 6 heteroatoms. The van der Waals surface area contributed by atoms with Crippen LogP contribution in [0.2, 0.25) is 0 Å². The molecule has 1 fully saturated rings. The van der Waals surface area contributed by atoms with E-state index in [1.807, 2.05) is 19.4 Å². The maximum Gasteiger partial charge on any atom is 0.122 e. The van der Waals surface area contributed by atoms with Crippen LogP contribution in [0.4, 0.5) is 0 Å². The number of nitriles is 2. The summed E-state index contributed by atoms with van der Waals surface area (Å²) in [6.45, 7) is 6.80. The van der Waals surface area contributed by atoms with Crippen molar-refractivity contribution < 1.29 is 0 Å². The molecule has 1 aromatic heterocycles. The predicted molar refractivity (Wildman–Crippen MR) is 83.5 cm³/mol. The average Bonchev–Trinajstić information content (AvgIpc) is 2.91. The lowest BCUT2D eigenvalue weighted by Crippen LogP contribution is -2.52. The van der Waals surface area contributed by atoms with Crippen LogP contribution >= 0.6 is 0 Å². The zero-order valence-electron chi connectivity index (χ0n) is 13.4. The third-order valence-corrected chi connectivity index (χ3v) is 4.38. The van der Waals surface area contributed by atoms with Crippen molar-refractivity contribution in [2.75, 3.05) is 26.2 Å². The normalized spacial score (nSPS) is 21.2. The van der Waals surface area contributed by atoms with Crippen molar-refractivity contribution in [3.63, 3.8) is 0 Å². The number of aryl methyl sites for hydroxylation is 1. The Bertz CT molecular complexity index is 552. The van der Waals surface area contributed by atoms with E-state index < -0.39 is 0 Å². The first-order valence-electron chi connectivity index (χ1n) is 7.83. The molecule has 1 saturated heterocycles. The third-order valence-electron chi connectivity index (χ3n) is 4.38. The molecule has 0 unspecified atom stereocenters. The topological polar surface area (TPSA) is 71.9 Å². The zero-order chi connectivity index (χ0) is 15.9. The molecule has 0 aliphatic carbocycles. The van der Waals surface area contributed by atoms with Crippen LogP contribution in [0.5, 0.6) is 0 Å². The highest BCUT2D eigenvalue weighted by Crippen LogP contribution is 2.15. The van der Waals surface area contributed by atoms with Gasteiger partial charge in [0, 0.05) is 58.1 Å². The lowest BCUT2D eigenvalue weighted by atomic mass is 10.0. The first-order chi connectivity index (χ1) is 10.6. The van der Waals surface area contributed by atoms with Gasteiger partial charge in [0.15, 0.2) is 0 Å². The van der Waals surface area contributed by atoms with Crippen LogP contribution in [-0.2, 0) is 13.6 Å². The van der Waals surface area contributed by atoms with Crippen LogP contribution in [0.15, 0.2) is 12.4 Å². The van der Waals surface area contributed by atoms with Gasteiger partial charge in [-0.2, -0.15) is 10.5 Å². The van der Waals surface area contributed by atoms with E-state index in [1.54, 1.807) is 0 Å². The van der Waals surface area contributed by atoms with Crippen molar-refractivity contribution in [2.45, 2.75) is 32.4 Å². The molecule has 0 spiro atoms. The molecule has 118 valence electrons. The van der Waals surface area contributed by atoms with Crippen LogP contribution in [0.25, 0.3) is 0 Å². The minimum atomic E-state index is -0.0343. The monoisotopic (exact) mass is 300 g/mol. The van der Waals surface area contributed by atoms with E-state index in [4.69, 9.17) is 5.26 Å². The van der Waals surface area contributed by atoms with E-state index in [-0.39, 0.29) is 5.92 Å². The number of aromatic nitrogens is 2. The van der Waals surface area contributed by atoms with Crippen LogP contribution in [0.1, 0.15) is 25.6 Å². The summed E-state index contributed by atoms with van der Waals surface area (Å²) in [7, 11) is 2.02. The Morgan fingerprint density at radius 2 is 2.23 bits per heavy atom. The minimum Gasteiger partial charge on any atom is -0.337 e. The van der Waals surface area contributed by atoms with E-state index >= 15 is 0 Å². The van der Waals surface area contributed by atoms with Gasteiger partial charge in [-0.25, -0.2) is 4.98 Å². The molecule has 6 nitrogen and oxygen atoms in total. The molecule has 0 bridgehead atoms. The fraction of sp³-hybridized carbons (Fsp3) is 0.688. The van der Waals surface area contributed by atoms with Crippen LogP contribution < -0.4 is 0 Å². The van der Waals surface area contributed by atoms with Crippen LogP contribution in [0, 0.1) is 28.6 Å². The molecule has 1 aliphatic rings. The molecule has 2 rings (SSSR count). The number of hydrogen-bond acceptors (Lipinski definition) is 5. The Balaban J connectivity index is 1.83. The summed E-state index contributed by atoms with van der Waals surface area (Å²) in [6, 6.07) is 4.91. The molecular weight excluding hydrogens is 276 g/mol. The molecule has 0 amide bonds. The van der Waals surface area contributed by atoms with Gasteiger partial charge < -0.3 is 4.57 Å². The number of hydrogen-bond donors (Lipinski definition) is 0. The Morgan fingerprint density at radius 1 is 1.41 bits per heavy atom. The van der Waals surface area contributed by atoms with Gasteiger partial charge in [-0.1, -0.05) is 0 Å². The lowest BCUT2D eigenvalue weighted by Gasteiger charge is -2.40. The molecule has 0 aromatic carbocycles. The highest BCUT2D eigenvalue weighted by atomic mass is 15.3. The van der Waals surface area contributed by atoms with E-state index in [0.717, 1.165) is 38.5 Å². The molecule has 2 heterocycles. The van der Waals surface area contributed by atoms with Gasteiger partial charge in [0.05, 0.1) is 24.6 Å². The summed E-state index contributed by atoms with van der Waals surface area (Å²) in [6.07, 6.45) is 4.95. The number of nitrogens with zero attached hydrogens (tertiary/aromatic N) is 6. The first kappa shape index (κ1) is 16.5. The van der Waals surface area contributed by atoms with Gasteiger partial charge >= 0.3 is 0 Å². The second-order valence-corrected chi connectivity index (χ2v) is 6.06. The van der Waals surface area contributed by atoms with Gasteiger partial charge in [0.1, 0.15) is 5.82 Å². The standard InChI is InChI=1S/C16H24N6/c1-14-11-21(12-15(10-18)4-3-5-17)8-9-22(14)13-16-19-6-7-20(16)2/h6-7,14-15H,3-4,8-9,11-13H2,1-2H3/t14-,15+/m1/s1. The van der Waals surface area contributed by atoms with Crippen molar-refractivity contribution in [1.82, 2.24) is 19.4 Å². The second-order valence-electron chi connectivity index (χ2n) is 6.06. The summed E-state index contributed by atoms with van der Waals surface area (Å²) < 4.78 is 2.06. The largest absolute Gasteiger partial charge is 0.337 e. The van der Waals surface area contributed by atoms with Gasteiger partial charge in [-0.15, -0.1) is 0 Å². The number of imidazole rings is 1. The summed E-state index contributed by atoms with van der Waals surface area (Å²) >= 11 is 0. The molecule has 0 N–H and O–H groups in total. The Morgan fingerprint density at radius 3 is 2.82 bits per heavy atom. The van der Waals surface area contributed by atoms with Crippen molar-refractivity contribution in [3.05, 3.63) is 18.2 Å². The van der Waals surface area contributed by atoms with Gasteiger partial charge in [0.2, 0.25) is 0 Å². The predicted octanol–water partition coefficient (Wildman–Crippen LogP) is 1.37. The van der Waals surface area contributed by atoms with Crippen molar-refractivity contribution >= 4 is 0 Å². The van der Waals surface area contributed by atoms with Gasteiger partial charge in [-0.3, -0.25) is 9.80 Å². The van der Waals surface area contributed by atoms with Crippen LogP contribution in [-0.4, -0.2) is 51.6 Å². The Labute approximate surface area is 132 Å². The molecule has 1 aromatic rings. The highest BCUT2D eigenvalue weighted by Gasteiger charge is 2.26. The molecule has 1 aliphatic heterocycles. The average molecular weight is 300 g/mol. The van der Waals surface area contributed by atoms with Gasteiger partial charge in [0.25, 0.3) is 0 Å². The Kier molecular flexibility index (Phi) is 5.94. The summed E-state index contributed by atoms with van der Waals surface area (Å²) in [4.78, 5) is 9.18. The Hall–Kier alpha value is -1.89. The SMILES string of the molecule is C[C@@H]1CN(C[C@H](C#N)CCC#N)CCN1Cc1nccn1C. The van der Waals surface area contributed by atoms with E-state index in [0.29, 0.717) is 18.9 Å². The fourth-order valence-corrected chi connectivity index (χ4v) is 2.95. The third kappa shape index (κ3) is 4.30. The first-order valence-corrected chi connectivity index (χ1v) is 7.83. The lowest BCUT2D eigenvalue weighted by molar-refractivity contribution is 0.0691. The number of piperazine rings is 1. The molecule has 2 atom stereocenters. The fourth-order valence-electron chi connectivity index (χ4n) is 2.95. The zero-order valence-corrected chi connectivity index (χ0v) is 13.4. The van der Waals surface area contributed by atoms with E-state index in [2.05, 4.69) is 38.4 Å². The second kappa shape index (κ2) is 7.93. The molecule has 0 radical (unpaired) electrons. The summed E-state index contributed by atoms with van der Waals surface area (Å²) in [5.74, 6) is 1.05. The molecule has 22 heavy (non-hydrogen) atoms. The summed E-state index contributed by atoms with van der Waals surface area (Å²) in [5.41, 5.74) is 0. The smallest absolute Gasteiger partial charge is 0.122 e.